The molecule has 0 aromatic heterocycles. The summed E-state index contributed by atoms with van der Waals surface area (Å²) in [5.41, 5.74) is 1.25. The smallest absolute Gasteiger partial charge is 0.191 e. The Bertz CT molecular complexity index is 487. The first kappa shape index (κ1) is 20.5. The number of rotatable bonds is 6. The first-order valence-electron chi connectivity index (χ1n) is 7.94. The molecule has 1 saturated heterocycles. The zero-order valence-electron chi connectivity index (χ0n) is 13.9. The molecule has 1 aromatic carbocycles. The molecule has 1 aliphatic rings. The van der Waals surface area contributed by atoms with Crippen LogP contribution in [0.3, 0.4) is 0 Å². The van der Waals surface area contributed by atoms with Crippen LogP contribution in [0.2, 0.25) is 5.02 Å². The summed E-state index contributed by atoms with van der Waals surface area (Å²) in [6.07, 6.45) is 4.33. The molecule has 2 rings (SSSR count). The number of halogens is 2. The Morgan fingerprint density at radius 2 is 2.04 bits per heavy atom. The summed E-state index contributed by atoms with van der Waals surface area (Å²) < 4.78 is 5.77. The van der Waals surface area contributed by atoms with Crippen molar-refractivity contribution in [2.75, 3.05) is 26.7 Å². The minimum Gasteiger partial charge on any atom is -0.373 e. The van der Waals surface area contributed by atoms with Crippen LogP contribution in [0.5, 0.6) is 0 Å². The predicted octanol–water partition coefficient (Wildman–Crippen LogP) is 3.62. The van der Waals surface area contributed by atoms with Crippen molar-refractivity contribution < 1.29 is 4.74 Å². The fourth-order valence-electron chi connectivity index (χ4n) is 2.62. The summed E-state index contributed by atoms with van der Waals surface area (Å²) in [7, 11) is 1.80. The summed E-state index contributed by atoms with van der Waals surface area (Å²) in [4.78, 5) is 4.26. The molecule has 1 atom stereocenters. The van der Waals surface area contributed by atoms with Crippen molar-refractivity contribution in [3.63, 3.8) is 0 Å². The maximum absolute atomic E-state index is 5.89. The third kappa shape index (κ3) is 7.27. The van der Waals surface area contributed by atoms with Crippen LogP contribution in [0.4, 0.5) is 0 Å². The largest absolute Gasteiger partial charge is 0.373 e. The van der Waals surface area contributed by atoms with Gasteiger partial charge in [0.1, 0.15) is 0 Å². The Balaban J connectivity index is 0.00000264. The van der Waals surface area contributed by atoms with E-state index in [1.807, 2.05) is 12.1 Å². The van der Waals surface area contributed by atoms with Gasteiger partial charge in [-0.05, 0) is 50.3 Å². The second-order valence-electron chi connectivity index (χ2n) is 5.98. The minimum absolute atomic E-state index is 0. The monoisotopic (exact) mass is 451 g/mol. The normalized spacial score (nSPS) is 20.9. The molecule has 0 saturated carbocycles. The molecular formula is C17H27ClIN3O. The van der Waals surface area contributed by atoms with Gasteiger partial charge in [-0.25, -0.2) is 0 Å². The van der Waals surface area contributed by atoms with Gasteiger partial charge < -0.3 is 15.4 Å². The van der Waals surface area contributed by atoms with Gasteiger partial charge in [0.15, 0.2) is 5.96 Å². The number of ether oxygens (including phenoxy) is 1. The highest BCUT2D eigenvalue weighted by Gasteiger charge is 2.29. The van der Waals surface area contributed by atoms with Gasteiger partial charge in [0.2, 0.25) is 0 Å². The maximum atomic E-state index is 5.89. The molecule has 1 unspecified atom stereocenters. The van der Waals surface area contributed by atoms with Crippen LogP contribution in [0.25, 0.3) is 0 Å². The highest BCUT2D eigenvalue weighted by atomic mass is 127. The first-order valence-corrected chi connectivity index (χ1v) is 8.32. The van der Waals surface area contributed by atoms with Crippen molar-refractivity contribution >= 4 is 41.5 Å². The number of nitrogens with one attached hydrogen (secondary N) is 2. The molecule has 0 aliphatic carbocycles. The minimum atomic E-state index is -0.0546. The molecular weight excluding hydrogens is 425 g/mol. The fourth-order valence-corrected chi connectivity index (χ4v) is 2.74. The van der Waals surface area contributed by atoms with Gasteiger partial charge in [0, 0.05) is 31.8 Å². The molecule has 130 valence electrons. The Kier molecular flexibility index (Phi) is 9.24. The average molecular weight is 452 g/mol. The fraction of sp³-hybridized carbons (Fsp3) is 0.588. The molecule has 1 aromatic rings. The topological polar surface area (TPSA) is 45.7 Å². The maximum Gasteiger partial charge on any atom is 0.191 e. The van der Waals surface area contributed by atoms with E-state index in [-0.39, 0.29) is 29.6 Å². The van der Waals surface area contributed by atoms with Crippen LogP contribution < -0.4 is 10.6 Å². The third-order valence-electron chi connectivity index (χ3n) is 4.00. The van der Waals surface area contributed by atoms with Crippen LogP contribution in [0.15, 0.2) is 29.3 Å². The van der Waals surface area contributed by atoms with Crippen molar-refractivity contribution in [1.29, 1.82) is 0 Å². The van der Waals surface area contributed by atoms with Gasteiger partial charge in [-0.15, -0.1) is 24.0 Å². The van der Waals surface area contributed by atoms with Crippen molar-refractivity contribution in [1.82, 2.24) is 10.6 Å². The number of hydrogen-bond donors (Lipinski definition) is 2. The van der Waals surface area contributed by atoms with Gasteiger partial charge in [0.05, 0.1) is 5.60 Å². The van der Waals surface area contributed by atoms with Crippen LogP contribution in [-0.4, -0.2) is 38.3 Å². The van der Waals surface area contributed by atoms with Gasteiger partial charge in [-0.2, -0.15) is 0 Å². The van der Waals surface area contributed by atoms with Crippen molar-refractivity contribution in [2.24, 2.45) is 4.99 Å². The lowest BCUT2D eigenvalue weighted by atomic mass is 10.0. The van der Waals surface area contributed by atoms with E-state index in [0.29, 0.717) is 0 Å². The first-order chi connectivity index (χ1) is 10.6. The standard InChI is InChI=1S/C17H26ClN3O.HI/c1-17(10-4-12-22-17)13-21-16(19-2)20-11-3-5-14-6-8-15(18)9-7-14;/h6-9H,3-5,10-13H2,1-2H3,(H2,19,20,21);1H. The number of hydrogen-bond acceptors (Lipinski definition) is 2. The van der Waals surface area contributed by atoms with E-state index in [0.717, 1.165) is 56.4 Å². The van der Waals surface area contributed by atoms with E-state index in [9.17, 15) is 0 Å². The van der Waals surface area contributed by atoms with Crippen molar-refractivity contribution in [3.05, 3.63) is 34.9 Å². The van der Waals surface area contributed by atoms with E-state index in [2.05, 4.69) is 34.7 Å². The highest BCUT2D eigenvalue weighted by Crippen LogP contribution is 2.23. The lowest BCUT2D eigenvalue weighted by molar-refractivity contribution is 0.0243. The average Bonchev–Trinajstić information content (AvgIpc) is 2.95. The summed E-state index contributed by atoms with van der Waals surface area (Å²) in [6.45, 7) is 4.70. The van der Waals surface area contributed by atoms with E-state index in [1.54, 1.807) is 7.05 Å². The molecule has 0 spiro atoms. The summed E-state index contributed by atoms with van der Waals surface area (Å²) in [5.74, 6) is 0.841. The SMILES string of the molecule is CN=C(NCCCc1ccc(Cl)cc1)NCC1(C)CCCO1.I. The molecule has 23 heavy (non-hydrogen) atoms. The summed E-state index contributed by atoms with van der Waals surface area (Å²) in [6, 6.07) is 8.03. The second-order valence-corrected chi connectivity index (χ2v) is 6.42. The molecule has 1 heterocycles. The van der Waals surface area contributed by atoms with E-state index in [1.165, 1.54) is 5.56 Å². The Labute approximate surface area is 161 Å². The molecule has 2 N–H and O–H groups in total. The Morgan fingerprint density at radius 3 is 2.65 bits per heavy atom. The molecule has 4 nitrogen and oxygen atoms in total. The molecule has 0 amide bonds. The number of aliphatic imine (C=N–C) groups is 1. The zero-order valence-corrected chi connectivity index (χ0v) is 17.0. The van der Waals surface area contributed by atoms with E-state index in [4.69, 9.17) is 16.3 Å². The lowest BCUT2D eigenvalue weighted by Gasteiger charge is -2.24. The van der Waals surface area contributed by atoms with E-state index < -0.39 is 0 Å². The number of benzene rings is 1. The number of nitrogens with zero attached hydrogens (tertiary/aromatic N) is 1. The molecule has 0 radical (unpaired) electrons. The summed E-state index contributed by atoms with van der Waals surface area (Å²) in [5, 5.41) is 7.49. The van der Waals surface area contributed by atoms with Gasteiger partial charge >= 0.3 is 0 Å². The molecule has 0 bridgehead atoms. The van der Waals surface area contributed by atoms with Crippen LogP contribution >= 0.6 is 35.6 Å². The molecule has 6 heteroatoms. The quantitative estimate of drug-likeness (QED) is 0.300. The number of aryl methyl sites for hydroxylation is 1. The van der Waals surface area contributed by atoms with E-state index >= 15 is 0 Å². The van der Waals surface area contributed by atoms with Gasteiger partial charge in [-0.1, -0.05) is 23.7 Å². The number of guanidine groups is 1. The third-order valence-corrected chi connectivity index (χ3v) is 4.25. The van der Waals surface area contributed by atoms with Crippen LogP contribution in [0.1, 0.15) is 31.7 Å². The Hall–Kier alpha value is -0.530. The second kappa shape index (κ2) is 10.4. The Morgan fingerprint density at radius 1 is 1.30 bits per heavy atom. The highest BCUT2D eigenvalue weighted by molar-refractivity contribution is 14.0. The van der Waals surface area contributed by atoms with Gasteiger partial charge in [-0.3, -0.25) is 4.99 Å². The van der Waals surface area contributed by atoms with Crippen LogP contribution in [0, 0.1) is 0 Å². The van der Waals surface area contributed by atoms with Gasteiger partial charge in [0.25, 0.3) is 0 Å². The van der Waals surface area contributed by atoms with Crippen molar-refractivity contribution in [2.45, 2.75) is 38.2 Å². The zero-order chi connectivity index (χ0) is 15.8. The molecule has 1 aliphatic heterocycles. The summed E-state index contributed by atoms with van der Waals surface area (Å²) >= 11 is 5.89. The van der Waals surface area contributed by atoms with Crippen molar-refractivity contribution in [3.8, 4) is 0 Å². The lowest BCUT2D eigenvalue weighted by Crippen LogP contribution is -2.45. The molecule has 1 fully saturated rings. The predicted molar refractivity (Wildman–Crippen MR) is 108 cm³/mol. The van der Waals surface area contributed by atoms with Crippen LogP contribution in [-0.2, 0) is 11.2 Å².